The van der Waals surface area contributed by atoms with Crippen LogP contribution in [0.25, 0.3) is 11.3 Å². The molecule has 7 N–H and O–H groups in total. The number of aliphatic hydroxyl groups excluding tert-OH is 1. The van der Waals surface area contributed by atoms with Crippen molar-refractivity contribution in [2.75, 3.05) is 19.7 Å². The van der Waals surface area contributed by atoms with E-state index in [1.807, 2.05) is 51.1 Å². The van der Waals surface area contributed by atoms with E-state index in [4.69, 9.17) is 16.5 Å². The van der Waals surface area contributed by atoms with E-state index in [2.05, 4.69) is 5.32 Å². The van der Waals surface area contributed by atoms with E-state index in [1.54, 1.807) is 10.8 Å². The van der Waals surface area contributed by atoms with Gasteiger partial charge >= 0.3 is 5.97 Å². The number of rotatable bonds is 19. The van der Waals surface area contributed by atoms with Gasteiger partial charge in [-0.25, -0.2) is 18.6 Å². The highest BCUT2D eigenvalue weighted by Gasteiger charge is 2.39. The molecule has 3 aromatic rings. The van der Waals surface area contributed by atoms with Crippen LogP contribution in [0, 0.1) is 17.0 Å². The molecule has 1 aliphatic rings. The number of nitrogens with two attached hydrogens (primary N) is 2. The second kappa shape index (κ2) is 18.8. The minimum absolute atomic E-state index is 0.000556. The highest BCUT2D eigenvalue weighted by molar-refractivity contribution is 6.14. The smallest absolute Gasteiger partial charge is 0.326 e. The number of benzene rings is 2. The number of aliphatic hydroxyl groups is 1. The lowest BCUT2D eigenvalue weighted by molar-refractivity contribution is -0.144. The molecule has 0 radical (unpaired) electrons. The number of aromatic nitrogens is 2. The van der Waals surface area contributed by atoms with Gasteiger partial charge in [0, 0.05) is 37.0 Å². The summed E-state index contributed by atoms with van der Waals surface area (Å²) in [6.07, 6.45) is 3.43. The standard InChI is InChI=1S/C39H47F2N7O8/c1-39(2,3)36(37-45-30(25-18-24(40)12-13-26(25)41)20-46(37)19-23-8-5-4-6-9-23)47(34(53)22-49)17-16-28(43)35(54)27(42)10-7-11-29(38(55)56)44-31(50)21-48-32(51)14-15-33(48)52/h4-6,8-9,12-15,18,20,27-29,36,49H,7,10-11,16-17,19,21-22,42-43H2,1-3H3,(H,44,50)(H,55,56)/t27?,28-,29-,36-/m0/s1. The molecule has 56 heavy (non-hydrogen) atoms. The second-order valence-corrected chi connectivity index (χ2v) is 14.6. The molecule has 300 valence electrons. The lowest BCUT2D eigenvalue weighted by Gasteiger charge is -2.40. The molecule has 0 saturated carbocycles. The number of amides is 4. The molecule has 4 rings (SSSR count). The van der Waals surface area contributed by atoms with Crippen molar-refractivity contribution >= 4 is 35.4 Å². The average Bonchev–Trinajstić information content (AvgIpc) is 3.70. The molecule has 4 atom stereocenters. The lowest BCUT2D eigenvalue weighted by atomic mass is 9.84. The van der Waals surface area contributed by atoms with Gasteiger partial charge in [0.2, 0.25) is 11.8 Å². The molecule has 2 heterocycles. The maximum absolute atomic E-state index is 15.0. The van der Waals surface area contributed by atoms with Crippen LogP contribution in [0.5, 0.6) is 0 Å². The Morgan fingerprint density at radius 2 is 1.59 bits per heavy atom. The highest BCUT2D eigenvalue weighted by atomic mass is 19.1. The number of carboxylic acid groups (broad SMARTS) is 1. The third-order valence-electron chi connectivity index (χ3n) is 9.30. The minimum atomic E-state index is -1.39. The number of hydrogen-bond donors (Lipinski definition) is 5. The van der Waals surface area contributed by atoms with Gasteiger partial charge in [0.05, 0.1) is 23.8 Å². The molecule has 0 aliphatic carbocycles. The zero-order chi connectivity index (χ0) is 41.3. The number of carbonyl (C=O) groups excluding carboxylic acids is 5. The summed E-state index contributed by atoms with van der Waals surface area (Å²) in [5.74, 6) is -5.95. The SMILES string of the molecule is CC(C)(C)[C@H](c1nc(-c2cc(F)ccc2F)cn1Cc1ccccc1)N(CC[C@H](N)C(=O)C(N)CCC[C@H](NC(=O)CN1C(=O)C=CC1=O)C(=O)O)C(=O)CO. The van der Waals surface area contributed by atoms with Crippen LogP contribution in [0.15, 0.2) is 66.9 Å². The summed E-state index contributed by atoms with van der Waals surface area (Å²) in [5, 5.41) is 22.0. The van der Waals surface area contributed by atoms with E-state index in [-0.39, 0.29) is 50.0 Å². The fourth-order valence-electron chi connectivity index (χ4n) is 6.47. The lowest BCUT2D eigenvalue weighted by Crippen LogP contribution is -2.48. The van der Waals surface area contributed by atoms with Crippen LogP contribution in [-0.4, -0.2) is 103 Å². The van der Waals surface area contributed by atoms with E-state index in [1.165, 1.54) is 4.90 Å². The zero-order valence-electron chi connectivity index (χ0n) is 31.4. The minimum Gasteiger partial charge on any atom is -0.480 e. The number of aliphatic carboxylic acids is 1. The Hall–Kier alpha value is -5.65. The molecular formula is C39H47F2N7O8. The van der Waals surface area contributed by atoms with Gasteiger partial charge in [-0.3, -0.25) is 28.9 Å². The van der Waals surface area contributed by atoms with Crippen molar-refractivity contribution in [3.63, 3.8) is 0 Å². The number of Topliss-reactive ketones (excluding diaryl/α,β-unsaturated/α-hetero) is 1. The number of hydrogen-bond acceptors (Lipinski definition) is 10. The second-order valence-electron chi connectivity index (χ2n) is 14.6. The molecule has 4 amide bonds. The van der Waals surface area contributed by atoms with E-state index in [0.29, 0.717) is 10.7 Å². The number of halogens is 2. The average molecular weight is 780 g/mol. The Balaban J connectivity index is 1.48. The molecule has 2 aromatic carbocycles. The largest absolute Gasteiger partial charge is 0.480 e. The number of nitrogens with one attached hydrogen (secondary N) is 1. The zero-order valence-corrected chi connectivity index (χ0v) is 31.4. The first-order valence-electron chi connectivity index (χ1n) is 18.0. The predicted molar refractivity (Wildman–Crippen MR) is 199 cm³/mol. The van der Waals surface area contributed by atoms with Gasteiger partial charge in [-0.1, -0.05) is 51.1 Å². The van der Waals surface area contributed by atoms with Crippen LogP contribution in [0.3, 0.4) is 0 Å². The van der Waals surface area contributed by atoms with Gasteiger partial charge in [0.15, 0.2) is 5.78 Å². The van der Waals surface area contributed by atoms with Gasteiger partial charge in [-0.2, -0.15) is 0 Å². The molecule has 0 saturated heterocycles. The summed E-state index contributed by atoms with van der Waals surface area (Å²) in [4.78, 5) is 81.2. The monoisotopic (exact) mass is 779 g/mol. The van der Waals surface area contributed by atoms with Crippen LogP contribution in [0.2, 0.25) is 0 Å². The number of nitrogens with zero attached hydrogens (tertiary/aromatic N) is 4. The number of carbonyl (C=O) groups is 6. The third-order valence-corrected chi connectivity index (χ3v) is 9.30. The van der Waals surface area contributed by atoms with Crippen LogP contribution < -0.4 is 16.8 Å². The summed E-state index contributed by atoms with van der Waals surface area (Å²) < 4.78 is 31.0. The summed E-state index contributed by atoms with van der Waals surface area (Å²) in [7, 11) is 0. The molecule has 1 aliphatic heterocycles. The van der Waals surface area contributed by atoms with E-state index in [9.17, 15) is 43.4 Å². The molecule has 15 nitrogen and oxygen atoms in total. The predicted octanol–water partition coefficient (Wildman–Crippen LogP) is 2.06. The summed E-state index contributed by atoms with van der Waals surface area (Å²) in [5.41, 5.74) is 12.6. The van der Waals surface area contributed by atoms with Crippen molar-refractivity contribution < 1.29 is 47.8 Å². The van der Waals surface area contributed by atoms with Gasteiger partial charge in [-0.05, 0) is 54.9 Å². The summed E-state index contributed by atoms with van der Waals surface area (Å²) in [6, 6.07) is 7.74. The fourth-order valence-corrected chi connectivity index (χ4v) is 6.47. The Morgan fingerprint density at radius 1 is 0.946 bits per heavy atom. The van der Waals surface area contributed by atoms with Crippen LogP contribution in [0.4, 0.5) is 8.78 Å². The van der Waals surface area contributed by atoms with Crippen LogP contribution in [-0.2, 0) is 35.3 Å². The molecule has 0 bridgehead atoms. The van der Waals surface area contributed by atoms with Crippen molar-refractivity contribution in [3.8, 4) is 11.3 Å². The van der Waals surface area contributed by atoms with E-state index in [0.717, 1.165) is 35.9 Å². The van der Waals surface area contributed by atoms with Crippen molar-refractivity contribution in [2.45, 2.75) is 77.2 Å². The highest BCUT2D eigenvalue weighted by Crippen LogP contribution is 2.39. The molecule has 1 aromatic heterocycles. The Bertz CT molecular complexity index is 1950. The third kappa shape index (κ3) is 11.0. The molecule has 0 spiro atoms. The Morgan fingerprint density at radius 3 is 2.20 bits per heavy atom. The van der Waals surface area contributed by atoms with Crippen molar-refractivity contribution in [1.29, 1.82) is 0 Å². The first kappa shape index (κ1) is 43.1. The summed E-state index contributed by atoms with van der Waals surface area (Å²) >= 11 is 0. The van der Waals surface area contributed by atoms with E-state index < -0.39 is 89.7 Å². The number of ketones is 1. The van der Waals surface area contributed by atoms with Gasteiger partial charge in [0.25, 0.3) is 11.8 Å². The quantitative estimate of drug-likeness (QED) is 0.111. The number of carboxylic acids is 1. The first-order chi connectivity index (χ1) is 26.4. The van der Waals surface area contributed by atoms with Crippen LogP contribution in [0.1, 0.15) is 63.9 Å². The Labute approximate surface area is 322 Å². The Kier molecular flexibility index (Phi) is 14.5. The molecule has 0 fully saturated rings. The molecular weight excluding hydrogens is 732 g/mol. The van der Waals surface area contributed by atoms with Crippen molar-refractivity contribution in [3.05, 3.63) is 89.9 Å². The first-order valence-corrected chi connectivity index (χ1v) is 18.0. The van der Waals surface area contributed by atoms with Gasteiger partial charge in [-0.15, -0.1) is 0 Å². The normalized spacial score (nSPS) is 15.0. The maximum Gasteiger partial charge on any atom is 0.326 e. The molecule has 1 unspecified atom stereocenters. The summed E-state index contributed by atoms with van der Waals surface area (Å²) in [6.45, 7) is 4.11. The number of imide groups is 1. The molecule has 17 heteroatoms. The van der Waals surface area contributed by atoms with Crippen LogP contribution >= 0.6 is 0 Å². The topological polar surface area (TPSA) is 231 Å². The van der Waals surface area contributed by atoms with Gasteiger partial charge < -0.3 is 36.5 Å². The van der Waals surface area contributed by atoms with Gasteiger partial charge in [0.1, 0.15) is 36.7 Å². The maximum atomic E-state index is 15.0. The fraction of sp³-hybridized carbons (Fsp3) is 0.410. The van der Waals surface area contributed by atoms with Crippen molar-refractivity contribution in [1.82, 2.24) is 24.7 Å². The van der Waals surface area contributed by atoms with Crippen molar-refractivity contribution in [2.24, 2.45) is 16.9 Å². The number of imidazole rings is 1. The van der Waals surface area contributed by atoms with E-state index >= 15 is 4.39 Å².